The van der Waals surface area contributed by atoms with Crippen molar-refractivity contribution in [3.63, 3.8) is 0 Å². The molecule has 31 heavy (non-hydrogen) atoms. The molecule has 0 aromatic heterocycles. The molecule has 0 N–H and O–H groups in total. The Morgan fingerprint density at radius 1 is 0.871 bits per heavy atom. The third-order valence-electron chi connectivity index (χ3n) is 3.29. The molecule has 0 aliphatic heterocycles. The topological polar surface area (TPSA) is 71.1 Å². The molecule has 16 heteroatoms. The van der Waals surface area contributed by atoms with E-state index < -0.39 is 59.5 Å². The highest BCUT2D eigenvalue weighted by molar-refractivity contribution is 5.96. The van der Waals surface area contributed by atoms with E-state index in [2.05, 4.69) is 18.9 Å². The van der Waals surface area contributed by atoms with Gasteiger partial charge in [-0.2, -0.15) is 39.5 Å². The smallest absolute Gasteiger partial charge is 0.462 e. The van der Waals surface area contributed by atoms with Gasteiger partial charge in [-0.25, -0.2) is 14.0 Å². The van der Waals surface area contributed by atoms with Crippen LogP contribution in [-0.4, -0.2) is 56.8 Å². The number of benzene rings is 1. The second-order valence-electron chi connectivity index (χ2n) is 5.38. The summed E-state index contributed by atoms with van der Waals surface area (Å²) in [7, 11) is 1.60. The first kappa shape index (κ1) is 26.3. The lowest BCUT2D eigenvalue weighted by atomic mass is 10.1. The van der Waals surface area contributed by atoms with Gasteiger partial charge < -0.3 is 14.2 Å². The zero-order valence-electron chi connectivity index (χ0n) is 15.0. The Morgan fingerprint density at radius 2 is 1.39 bits per heavy atom. The third-order valence-corrected chi connectivity index (χ3v) is 3.29. The van der Waals surface area contributed by atoms with E-state index in [1.54, 1.807) is 0 Å². The second-order valence-corrected chi connectivity index (χ2v) is 5.38. The van der Waals surface area contributed by atoms with E-state index in [9.17, 15) is 53.5 Å². The summed E-state index contributed by atoms with van der Waals surface area (Å²) < 4.78 is 143. The Balaban J connectivity index is 3.28. The maximum Gasteiger partial charge on any atom is 0.462 e. The molecule has 0 heterocycles. The molecule has 0 bridgehead atoms. The highest BCUT2D eigenvalue weighted by Crippen LogP contribution is 2.48. The van der Waals surface area contributed by atoms with Gasteiger partial charge in [0.1, 0.15) is 11.3 Å². The molecule has 1 atom stereocenters. The first-order valence-corrected chi connectivity index (χ1v) is 7.43. The largest absolute Gasteiger partial charge is 0.465 e. The maximum absolute atomic E-state index is 13.8. The van der Waals surface area contributed by atoms with Crippen LogP contribution in [-0.2, 0) is 14.2 Å². The van der Waals surface area contributed by atoms with E-state index in [1.165, 1.54) is 0 Å². The third kappa shape index (κ3) is 5.48. The van der Waals surface area contributed by atoms with Crippen molar-refractivity contribution in [2.24, 2.45) is 0 Å². The van der Waals surface area contributed by atoms with Gasteiger partial charge in [0.25, 0.3) is 0 Å². The highest BCUT2D eigenvalue weighted by atomic mass is 19.4. The van der Waals surface area contributed by atoms with Crippen LogP contribution in [0.1, 0.15) is 20.7 Å². The highest BCUT2D eigenvalue weighted by Gasteiger charge is 2.76. The zero-order chi connectivity index (χ0) is 24.4. The number of rotatable bonds is 8. The van der Waals surface area contributed by atoms with Crippen molar-refractivity contribution < 1.29 is 72.4 Å². The second kappa shape index (κ2) is 8.76. The molecular weight excluding hydrogens is 466 g/mol. The summed E-state index contributed by atoms with van der Waals surface area (Å²) in [4.78, 5) is 23.0. The monoisotopic (exact) mass is 476 g/mol. The lowest BCUT2D eigenvalue weighted by Gasteiger charge is -2.30. The number of halogens is 10. The number of hydrogen-bond acceptors (Lipinski definition) is 6. The minimum atomic E-state index is -7.05. The number of carbonyl (C=O) groups excluding carboxylic acids is 2. The van der Waals surface area contributed by atoms with Gasteiger partial charge in [-0.15, -0.1) is 0 Å². The van der Waals surface area contributed by atoms with Gasteiger partial charge in [0.15, 0.2) is 0 Å². The zero-order valence-corrected chi connectivity index (χ0v) is 15.0. The Morgan fingerprint density at radius 3 is 1.84 bits per heavy atom. The summed E-state index contributed by atoms with van der Waals surface area (Å²) >= 11 is 0. The van der Waals surface area contributed by atoms with Crippen molar-refractivity contribution in [3.05, 3.63) is 29.3 Å². The van der Waals surface area contributed by atoms with Gasteiger partial charge in [0, 0.05) is 0 Å². The Kier molecular flexibility index (Phi) is 7.42. The van der Waals surface area contributed by atoms with Crippen LogP contribution in [0, 0.1) is 0 Å². The maximum atomic E-state index is 13.8. The standard InChI is InChI=1S/C15H10F10O6/c1-28-9(26)6-3-4-7(10(27)29-2)8(5-6)30-12(17,18)11(16)31-15(24,25)13(19,20)14(21,22)23/h3-5,11H,1-2H3. The molecule has 1 aromatic carbocycles. The molecule has 0 aliphatic rings. The number of hydrogen-bond donors (Lipinski definition) is 0. The first-order chi connectivity index (χ1) is 13.9. The van der Waals surface area contributed by atoms with Gasteiger partial charge in [-0.3, -0.25) is 4.74 Å². The van der Waals surface area contributed by atoms with Crippen molar-refractivity contribution in [3.8, 4) is 5.75 Å². The number of carbonyl (C=O) groups is 2. The van der Waals surface area contributed by atoms with Crippen LogP contribution < -0.4 is 4.74 Å². The van der Waals surface area contributed by atoms with Crippen molar-refractivity contribution in [1.29, 1.82) is 0 Å². The number of ether oxygens (including phenoxy) is 4. The lowest BCUT2D eigenvalue weighted by Crippen LogP contribution is -2.56. The van der Waals surface area contributed by atoms with Gasteiger partial charge in [0.2, 0.25) is 0 Å². The summed E-state index contributed by atoms with van der Waals surface area (Å²) in [6.45, 7) is 0. The Labute approximate surface area is 165 Å². The van der Waals surface area contributed by atoms with Crippen LogP contribution in [0.2, 0.25) is 0 Å². The van der Waals surface area contributed by atoms with Crippen molar-refractivity contribution in [1.82, 2.24) is 0 Å². The van der Waals surface area contributed by atoms with E-state index in [4.69, 9.17) is 0 Å². The average molecular weight is 476 g/mol. The predicted molar refractivity (Wildman–Crippen MR) is 76.6 cm³/mol. The summed E-state index contributed by atoms with van der Waals surface area (Å²) in [5.41, 5.74) is -1.53. The SMILES string of the molecule is COC(=O)c1ccc(C(=O)OC)c(OC(F)(F)C(F)OC(F)(F)C(F)(F)C(F)(F)F)c1. The van der Waals surface area contributed by atoms with E-state index in [0.29, 0.717) is 12.1 Å². The quantitative estimate of drug-likeness (QED) is 0.411. The van der Waals surface area contributed by atoms with E-state index in [-0.39, 0.29) is 0 Å². The molecular formula is C15H10F10O6. The van der Waals surface area contributed by atoms with Gasteiger partial charge in [-0.1, -0.05) is 0 Å². The van der Waals surface area contributed by atoms with E-state index in [0.717, 1.165) is 20.3 Å². The minimum absolute atomic E-state index is 0.335. The van der Waals surface area contributed by atoms with Crippen molar-refractivity contribution in [2.75, 3.05) is 14.2 Å². The molecule has 1 unspecified atom stereocenters. The predicted octanol–water partition coefficient (Wildman–Crippen LogP) is 4.33. The first-order valence-electron chi connectivity index (χ1n) is 7.43. The molecule has 0 fully saturated rings. The molecule has 0 amide bonds. The lowest BCUT2D eigenvalue weighted by molar-refractivity contribution is -0.460. The fourth-order valence-electron chi connectivity index (χ4n) is 1.76. The van der Waals surface area contributed by atoms with Crippen LogP contribution in [0.4, 0.5) is 43.9 Å². The van der Waals surface area contributed by atoms with Gasteiger partial charge >= 0.3 is 42.6 Å². The van der Waals surface area contributed by atoms with Crippen LogP contribution in [0.3, 0.4) is 0 Å². The van der Waals surface area contributed by atoms with Crippen molar-refractivity contribution >= 4 is 11.9 Å². The molecule has 0 radical (unpaired) electrons. The van der Waals surface area contributed by atoms with Crippen LogP contribution in [0.5, 0.6) is 5.75 Å². The number of esters is 2. The van der Waals surface area contributed by atoms with Crippen LogP contribution >= 0.6 is 0 Å². The molecule has 6 nitrogen and oxygen atoms in total. The minimum Gasteiger partial charge on any atom is -0.465 e. The summed E-state index contributed by atoms with van der Waals surface area (Å²) in [6.07, 6.45) is -24.3. The summed E-state index contributed by atoms with van der Waals surface area (Å²) in [6, 6.07) is 1.79. The van der Waals surface area contributed by atoms with Gasteiger partial charge in [0.05, 0.1) is 19.8 Å². The fourth-order valence-corrected chi connectivity index (χ4v) is 1.76. The van der Waals surface area contributed by atoms with Gasteiger partial charge in [-0.05, 0) is 18.2 Å². The van der Waals surface area contributed by atoms with Crippen LogP contribution in [0.25, 0.3) is 0 Å². The molecule has 176 valence electrons. The van der Waals surface area contributed by atoms with Crippen molar-refractivity contribution in [2.45, 2.75) is 30.7 Å². The van der Waals surface area contributed by atoms with E-state index in [1.807, 2.05) is 0 Å². The fraction of sp³-hybridized carbons (Fsp3) is 0.467. The summed E-state index contributed by atoms with van der Waals surface area (Å²) in [5.74, 6) is -11.1. The van der Waals surface area contributed by atoms with Crippen LogP contribution in [0.15, 0.2) is 18.2 Å². The molecule has 1 rings (SSSR count). The Bertz CT molecular complexity index is 823. The Hall–Kier alpha value is -2.78. The normalized spacial score (nSPS) is 14.1. The molecule has 0 aliphatic carbocycles. The molecule has 0 saturated carbocycles. The summed E-state index contributed by atoms with van der Waals surface area (Å²) in [5, 5.41) is 0. The number of methoxy groups -OCH3 is 2. The molecule has 0 spiro atoms. The molecule has 0 saturated heterocycles. The number of alkyl halides is 10. The van der Waals surface area contributed by atoms with E-state index >= 15 is 0 Å². The average Bonchev–Trinajstić information content (AvgIpc) is 2.64. The molecule has 1 aromatic rings.